The summed E-state index contributed by atoms with van der Waals surface area (Å²) in [6.45, 7) is 2.29. The van der Waals surface area contributed by atoms with Crippen LogP contribution in [0.25, 0.3) is 0 Å². The van der Waals surface area contributed by atoms with Crippen molar-refractivity contribution in [3.8, 4) is 5.75 Å². The summed E-state index contributed by atoms with van der Waals surface area (Å²) in [4.78, 5) is 27.0. The Morgan fingerprint density at radius 1 is 1.03 bits per heavy atom. The average molecular weight is 476 g/mol. The summed E-state index contributed by atoms with van der Waals surface area (Å²) in [5.41, 5.74) is 2.20. The number of hydrogen-bond donors (Lipinski definition) is 2. The first kappa shape index (κ1) is 22.9. The second kappa shape index (κ2) is 9.69. The molecule has 6 nitrogen and oxygen atoms in total. The van der Waals surface area contributed by atoms with E-state index in [2.05, 4.69) is 27.7 Å². The maximum absolute atomic E-state index is 13.1. The molecule has 2 fully saturated rings. The average Bonchev–Trinajstić information content (AvgIpc) is 2.97. The van der Waals surface area contributed by atoms with Crippen LogP contribution in [0.5, 0.6) is 5.75 Å². The Morgan fingerprint density at radius 3 is 2.28 bits per heavy atom. The zero-order chi connectivity index (χ0) is 22.8. The van der Waals surface area contributed by atoms with E-state index in [4.69, 9.17) is 27.9 Å². The van der Waals surface area contributed by atoms with E-state index in [1.165, 1.54) is 19.6 Å². The Kier molecular flexibility index (Phi) is 6.93. The molecule has 0 aliphatic carbocycles. The Balaban J connectivity index is 1.43. The van der Waals surface area contributed by atoms with Gasteiger partial charge in [0.2, 0.25) is 11.8 Å². The van der Waals surface area contributed by atoms with Crippen LogP contribution in [0.4, 0.5) is 11.4 Å². The lowest BCUT2D eigenvalue weighted by molar-refractivity contribution is -0.122. The van der Waals surface area contributed by atoms with Crippen molar-refractivity contribution in [1.82, 2.24) is 4.90 Å². The van der Waals surface area contributed by atoms with Crippen LogP contribution < -0.4 is 15.4 Å². The van der Waals surface area contributed by atoms with Crippen molar-refractivity contribution in [2.45, 2.75) is 51.2 Å². The van der Waals surface area contributed by atoms with Crippen molar-refractivity contribution in [3.63, 3.8) is 0 Å². The number of nitrogens with one attached hydrogen (secondary N) is 2. The topological polar surface area (TPSA) is 70.7 Å². The molecule has 2 N–H and O–H groups in total. The van der Waals surface area contributed by atoms with Gasteiger partial charge in [-0.25, -0.2) is 0 Å². The van der Waals surface area contributed by atoms with Gasteiger partial charge in [-0.2, -0.15) is 0 Å². The smallest absolute Gasteiger partial charge is 0.227 e. The summed E-state index contributed by atoms with van der Waals surface area (Å²) in [5.74, 6) is 0.142. The van der Waals surface area contributed by atoms with E-state index >= 15 is 0 Å². The molecule has 2 unspecified atom stereocenters. The van der Waals surface area contributed by atoms with Crippen molar-refractivity contribution >= 4 is 46.4 Å². The Hall–Kier alpha value is -2.28. The number of rotatable bonds is 6. The third kappa shape index (κ3) is 5.03. The van der Waals surface area contributed by atoms with Gasteiger partial charge in [0.05, 0.1) is 23.5 Å². The van der Waals surface area contributed by atoms with E-state index in [1.54, 1.807) is 12.1 Å². The molecular formula is C24H27Cl2N3O3. The van der Waals surface area contributed by atoms with Crippen molar-refractivity contribution < 1.29 is 14.3 Å². The van der Waals surface area contributed by atoms with Crippen LogP contribution in [-0.2, 0) is 16.1 Å². The molecule has 2 amide bonds. The number of methoxy groups -OCH3 is 1. The lowest BCUT2D eigenvalue weighted by Gasteiger charge is -2.38. The van der Waals surface area contributed by atoms with Gasteiger partial charge in [-0.1, -0.05) is 35.3 Å². The van der Waals surface area contributed by atoms with Crippen LogP contribution in [0.2, 0.25) is 10.0 Å². The van der Waals surface area contributed by atoms with Crippen molar-refractivity contribution in [3.05, 3.63) is 52.0 Å². The third-order valence-corrected chi connectivity index (χ3v) is 6.96. The van der Waals surface area contributed by atoms with Gasteiger partial charge >= 0.3 is 0 Å². The van der Waals surface area contributed by atoms with E-state index < -0.39 is 0 Å². The minimum Gasteiger partial charge on any atom is -0.494 e. The van der Waals surface area contributed by atoms with Gasteiger partial charge in [-0.15, -0.1) is 0 Å². The normalized spacial score (nSPS) is 22.4. The SMILES string of the molecule is COc1cc(NC(C)=O)c(Cl)cc1NC(=O)C1CC2CCC(C1)N2Cc1ccc(Cl)cc1. The van der Waals surface area contributed by atoms with Crippen molar-refractivity contribution in [2.75, 3.05) is 17.7 Å². The Labute approximate surface area is 198 Å². The van der Waals surface area contributed by atoms with Crippen molar-refractivity contribution in [1.29, 1.82) is 0 Å². The van der Waals surface area contributed by atoms with E-state index in [9.17, 15) is 9.59 Å². The second-order valence-electron chi connectivity index (χ2n) is 8.55. The van der Waals surface area contributed by atoms with Crippen LogP contribution in [0, 0.1) is 5.92 Å². The molecule has 0 radical (unpaired) electrons. The number of anilines is 2. The lowest BCUT2D eigenvalue weighted by Crippen LogP contribution is -2.45. The van der Waals surface area contributed by atoms with Crippen molar-refractivity contribution in [2.24, 2.45) is 5.92 Å². The molecule has 2 aliphatic rings. The molecule has 2 aromatic carbocycles. The monoisotopic (exact) mass is 475 g/mol. The van der Waals surface area contributed by atoms with E-state index in [0.717, 1.165) is 37.3 Å². The number of hydrogen-bond acceptors (Lipinski definition) is 4. The molecule has 2 heterocycles. The molecule has 2 bridgehead atoms. The lowest BCUT2D eigenvalue weighted by atomic mass is 9.89. The second-order valence-corrected chi connectivity index (χ2v) is 9.40. The first-order valence-electron chi connectivity index (χ1n) is 10.8. The molecule has 0 spiro atoms. The highest BCUT2D eigenvalue weighted by molar-refractivity contribution is 6.34. The van der Waals surface area contributed by atoms with E-state index in [1.807, 2.05) is 12.1 Å². The summed E-state index contributed by atoms with van der Waals surface area (Å²) in [5, 5.41) is 6.75. The number of fused-ring (bicyclic) bond motifs is 2. The quantitative estimate of drug-likeness (QED) is 0.591. The maximum Gasteiger partial charge on any atom is 0.227 e. The highest BCUT2D eigenvalue weighted by Crippen LogP contribution is 2.41. The molecule has 2 saturated heterocycles. The van der Waals surface area contributed by atoms with Crippen LogP contribution >= 0.6 is 23.2 Å². The van der Waals surface area contributed by atoms with Gasteiger partial charge in [0.15, 0.2) is 0 Å². The predicted octanol–water partition coefficient (Wildman–Crippen LogP) is 5.34. The fraction of sp³-hybridized carbons (Fsp3) is 0.417. The van der Waals surface area contributed by atoms with Crippen LogP contribution in [-0.4, -0.2) is 35.9 Å². The molecule has 4 rings (SSSR count). The first-order valence-corrected chi connectivity index (χ1v) is 11.6. The van der Waals surface area contributed by atoms with Gasteiger partial charge in [-0.3, -0.25) is 14.5 Å². The molecule has 8 heteroatoms. The molecule has 0 aromatic heterocycles. The third-order valence-electron chi connectivity index (χ3n) is 6.39. The molecule has 170 valence electrons. The van der Waals surface area contributed by atoms with Crippen LogP contribution in [0.15, 0.2) is 36.4 Å². The summed E-state index contributed by atoms with van der Waals surface area (Å²) < 4.78 is 5.41. The largest absolute Gasteiger partial charge is 0.494 e. The molecule has 0 saturated carbocycles. The highest BCUT2D eigenvalue weighted by atomic mass is 35.5. The molecular weight excluding hydrogens is 449 g/mol. The van der Waals surface area contributed by atoms with Gasteiger partial charge in [0.25, 0.3) is 0 Å². The number of ether oxygens (including phenoxy) is 1. The fourth-order valence-corrected chi connectivity index (χ4v) is 5.22. The number of nitrogens with zero attached hydrogens (tertiary/aromatic N) is 1. The van der Waals surface area contributed by atoms with E-state index in [0.29, 0.717) is 34.2 Å². The van der Waals surface area contributed by atoms with Gasteiger partial charge < -0.3 is 15.4 Å². The molecule has 2 aromatic rings. The summed E-state index contributed by atoms with van der Waals surface area (Å²) in [7, 11) is 1.52. The summed E-state index contributed by atoms with van der Waals surface area (Å²) in [6.07, 6.45) is 3.89. The number of piperidine rings is 1. The predicted molar refractivity (Wildman–Crippen MR) is 127 cm³/mol. The van der Waals surface area contributed by atoms with Crippen LogP contribution in [0.1, 0.15) is 38.2 Å². The molecule has 32 heavy (non-hydrogen) atoms. The molecule has 2 aliphatic heterocycles. The van der Waals surface area contributed by atoms with Gasteiger partial charge in [0, 0.05) is 42.6 Å². The van der Waals surface area contributed by atoms with Gasteiger partial charge in [-0.05, 0) is 49.4 Å². The minimum absolute atomic E-state index is 0.0188. The first-order chi connectivity index (χ1) is 15.3. The van der Waals surface area contributed by atoms with E-state index in [-0.39, 0.29) is 17.7 Å². The number of halogens is 2. The van der Waals surface area contributed by atoms with Crippen LogP contribution in [0.3, 0.4) is 0 Å². The fourth-order valence-electron chi connectivity index (χ4n) is 4.89. The molecule has 2 atom stereocenters. The zero-order valence-electron chi connectivity index (χ0n) is 18.2. The number of amides is 2. The summed E-state index contributed by atoms with van der Waals surface area (Å²) in [6, 6.07) is 12.0. The summed E-state index contributed by atoms with van der Waals surface area (Å²) >= 11 is 12.3. The number of carbonyl (C=O) groups excluding carboxylic acids is 2. The standard InChI is InChI=1S/C24H27Cl2N3O3/c1-14(30)27-21-12-23(32-2)22(11-20(21)26)28-24(31)16-9-18-7-8-19(10-16)29(18)13-15-3-5-17(25)6-4-15/h3-6,11-12,16,18-19H,7-10,13H2,1-2H3,(H,27,30)(H,28,31). The maximum atomic E-state index is 13.1. The Morgan fingerprint density at radius 2 is 1.69 bits per heavy atom. The number of benzene rings is 2. The van der Waals surface area contributed by atoms with Gasteiger partial charge in [0.1, 0.15) is 5.75 Å². The number of carbonyl (C=O) groups is 2. The highest BCUT2D eigenvalue weighted by Gasteiger charge is 2.42. The Bertz CT molecular complexity index is 998. The zero-order valence-corrected chi connectivity index (χ0v) is 19.7. The minimum atomic E-state index is -0.230.